The largest absolute Gasteiger partial charge is 0.493 e. The summed E-state index contributed by atoms with van der Waals surface area (Å²) in [7, 11) is 3.11. The van der Waals surface area contributed by atoms with E-state index in [-0.39, 0.29) is 16.4 Å². The molecule has 7 heteroatoms. The van der Waals surface area contributed by atoms with Gasteiger partial charge in [0, 0.05) is 24.3 Å². The standard InChI is InChI=1S/C14H20ClNO4S/c1-5-20-13-7-6-11(21(15,18)19)8-12(13)14(17)16(4)9-10(2)3/h6-8,10H,5,9H2,1-4H3. The molecule has 0 aromatic heterocycles. The Labute approximate surface area is 130 Å². The summed E-state index contributed by atoms with van der Waals surface area (Å²) in [5.41, 5.74) is 0.196. The monoisotopic (exact) mass is 333 g/mol. The van der Waals surface area contributed by atoms with Crippen molar-refractivity contribution in [3.8, 4) is 5.75 Å². The van der Waals surface area contributed by atoms with Gasteiger partial charge in [0.1, 0.15) is 5.75 Å². The molecule has 0 atom stereocenters. The first-order valence-electron chi connectivity index (χ1n) is 6.63. The summed E-state index contributed by atoms with van der Waals surface area (Å²) in [6.07, 6.45) is 0. The number of benzene rings is 1. The van der Waals surface area contributed by atoms with Crippen LogP contribution in [0.4, 0.5) is 0 Å². The molecule has 1 aromatic carbocycles. The second-order valence-electron chi connectivity index (χ2n) is 5.11. The van der Waals surface area contributed by atoms with Gasteiger partial charge in [-0.3, -0.25) is 4.79 Å². The number of nitrogens with zero attached hydrogens (tertiary/aromatic N) is 1. The van der Waals surface area contributed by atoms with Gasteiger partial charge in [0.25, 0.3) is 15.0 Å². The maximum absolute atomic E-state index is 12.5. The molecule has 0 aliphatic rings. The molecule has 0 aliphatic carbocycles. The molecule has 0 fully saturated rings. The van der Waals surface area contributed by atoms with Crippen molar-refractivity contribution in [2.75, 3.05) is 20.2 Å². The summed E-state index contributed by atoms with van der Waals surface area (Å²) in [5.74, 6) is 0.353. The summed E-state index contributed by atoms with van der Waals surface area (Å²) < 4.78 is 28.2. The van der Waals surface area contributed by atoms with Crippen LogP contribution in [0.25, 0.3) is 0 Å². The number of amides is 1. The number of hydrogen-bond donors (Lipinski definition) is 0. The Balaban J connectivity index is 3.26. The van der Waals surface area contributed by atoms with Gasteiger partial charge in [0.05, 0.1) is 17.1 Å². The molecule has 0 aliphatic heterocycles. The first-order valence-corrected chi connectivity index (χ1v) is 8.94. The Bertz CT molecular complexity index is 613. The molecule has 0 saturated carbocycles. The van der Waals surface area contributed by atoms with E-state index in [1.54, 1.807) is 14.0 Å². The summed E-state index contributed by atoms with van der Waals surface area (Å²) in [6, 6.07) is 4.04. The SMILES string of the molecule is CCOc1ccc(S(=O)(=O)Cl)cc1C(=O)N(C)CC(C)C. The molecule has 21 heavy (non-hydrogen) atoms. The molecule has 0 saturated heterocycles. The van der Waals surface area contributed by atoms with Crippen LogP contribution in [0.5, 0.6) is 5.75 Å². The molecule has 1 rings (SSSR count). The maximum atomic E-state index is 12.5. The maximum Gasteiger partial charge on any atom is 0.261 e. The molecule has 0 spiro atoms. The van der Waals surface area contributed by atoms with Crippen molar-refractivity contribution < 1.29 is 17.9 Å². The Hall–Kier alpha value is -1.27. The van der Waals surface area contributed by atoms with E-state index in [2.05, 4.69) is 0 Å². The lowest BCUT2D eigenvalue weighted by Gasteiger charge is -2.21. The number of hydrogen-bond acceptors (Lipinski definition) is 4. The normalized spacial score (nSPS) is 11.5. The highest BCUT2D eigenvalue weighted by atomic mass is 35.7. The highest BCUT2D eigenvalue weighted by Gasteiger charge is 2.21. The number of carbonyl (C=O) groups is 1. The molecule has 0 heterocycles. The van der Waals surface area contributed by atoms with E-state index in [9.17, 15) is 13.2 Å². The lowest BCUT2D eigenvalue weighted by molar-refractivity contribution is 0.0774. The summed E-state index contributed by atoms with van der Waals surface area (Å²) in [5, 5.41) is 0. The fourth-order valence-corrected chi connectivity index (χ4v) is 2.72. The van der Waals surface area contributed by atoms with Crippen LogP contribution in [0.2, 0.25) is 0 Å². The van der Waals surface area contributed by atoms with E-state index < -0.39 is 9.05 Å². The van der Waals surface area contributed by atoms with Crippen LogP contribution in [0.15, 0.2) is 23.1 Å². The summed E-state index contributed by atoms with van der Waals surface area (Å²) >= 11 is 0. The molecule has 118 valence electrons. The minimum atomic E-state index is -3.89. The Kier molecular flexibility index (Phi) is 6.04. The first-order chi connectivity index (χ1) is 9.66. The zero-order valence-corrected chi connectivity index (χ0v) is 14.2. The Morgan fingerprint density at radius 2 is 2.00 bits per heavy atom. The average Bonchev–Trinajstić information content (AvgIpc) is 2.36. The fourth-order valence-electron chi connectivity index (χ4n) is 1.95. The van der Waals surface area contributed by atoms with Gasteiger partial charge in [-0.25, -0.2) is 8.42 Å². The molecular formula is C14H20ClNO4S. The van der Waals surface area contributed by atoms with Crippen molar-refractivity contribution in [3.63, 3.8) is 0 Å². The fraction of sp³-hybridized carbons (Fsp3) is 0.500. The topological polar surface area (TPSA) is 63.7 Å². The Morgan fingerprint density at radius 1 is 1.38 bits per heavy atom. The van der Waals surface area contributed by atoms with Gasteiger partial charge in [-0.05, 0) is 31.0 Å². The van der Waals surface area contributed by atoms with Gasteiger partial charge < -0.3 is 9.64 Å². The van der Waals surface area contributed by atoms with Crippen LogP contribution in [-0.2, 0) is 9.05 Å². The lowest BCUT2D eigenvalue weighted by Crippen LogP contribution is -2.30. The van der Waals surface area contributed by atoms with E-state index in [1.807, 2.05) is 13.8 Å². The van der Waals surface area contributed by atoms with Crippen molar-refractivity contribution in [3.05, 3.63) is 23.8 Å². The van der Waals surface area contributed by atoms with E-state index in [4.69, 9.17) is 15.4 Å². The summed E-state index contributed by atoms with van der Waals surface area (Å²) in [4.78, 5) is 13.9. The highest BCUT2D eigenvalue weighted by Crippen LogP contribution is 2.26. The number of halogens is 1. The molecule has 0 bridgehead atoms. The second-order valence-corrected chi connectivity index (χ2v) is 7.67. The minimum absolute atomic E-state index is 0.117. The van der Waals surface area contributed by atoms with Crippen molar-refractivity contribution >= 4 is 25.6 Å². The molecule has 0 N–H and O–H groups in total. The Morgan fingerprint density at radius 3 is 2.48 bits per heavy atom. The van der Waals surface area contributed by atoms with E-state index in [1.165, 1.54) is 23.1 Å². The molecule has 0 radical (unpaired) electrons. The third kappa shape index (κ3) is 4.89. The van der Waals surface area contributed by atoms with Gasteiger partial charge in [0.15, 0.2) is 0 Å². The second kappa shape index (κ2) is 7.13. The van der Waals surface area contributed by atoms with Crippen LogP contribution in [0, 0.1) is 5.92 Å². The van der Waals surface area contributed by atoms with Crippen molar-refractivity contribution in [2.24, 2.45) is 5.92 Å². The summed E-state index contributed by atoms with van der Waals surface area (Å²) in [6.45, 7) is 6.71. The van der Waals surface area contributed by atoms with Crippen LogP contribution in [-0.4, -0.2) is 39.4 Å². The molecule has 5 nitrogen and oxygen atoms in total. The molecular weight excluding hydrogens is 314 g/mol. The van der Waals surface area contributed by atoms with Crippen molar-refractivity contribution in [1.29, 1.82) is 0 Å². The van der Waals surface area contributed by atoms with E-state index in [0.29, 0.717) is 24.8 Å². The lowest BCUT2D eigenvalue weighted by atomic mass is 10.1. The van der Waals surface area contributed by atoms with Gasteiger partial charge in [0.2, 0.25) is 0 Å². The van der Waals surface area contributed by atoms with Crippen LogP contribution >= 0.6 is 10.7 Å². The van der Waals surface area contributed by atoms with Gasteiger partial charge >= 0.3 is 0 Å². The van der Waals surface area contributed by atoms with E-state index >= 15 is 0 Å². The molecule has 0 unspecified atom stereocenters. The quantitative estimate of drug-likeness (QED) is 0.751. The number of ether oxygens (including phenoxy) is 1. The van der Waals surface area contributed by atoms with Crippen LogP contribution in [0.3, 0.4) is 0 Å². The van der Waals surface area contributed by atoms with Gasteiger partial charge in [-0.15, -0.1) is 0 Å². The predicted octanol–water partition coefficient (Wildman–Crippen LogP) is 2.74. The third-order valence-corrected chi connectivity index (χ3v) is 4.10. The molecule has 1 aromatic rings. The van der Waals surface area contributed by atoms with Gasteiger partial charge in [-0.2, -0.15) is 0 Å². The average molecular weight is 334 g/mol. The van der Waals surface area contributed by atoms with Crippen molar-refractivity contribution in [2.45, 2.75) is 25.7 Å². The highest BCUT2D eigenvalue weighted by molar-refractivity contribution is 8.13. The minimum Gasteiger partial charge on any atom is -0.493 e. The van der Waals surface area contributed by atoms with Crippen LogP contribution < -0.4 is 4.74 Å². The number of carbonyl (C=O) groups excluding carboxylic acids is 1. The van der Waals surface area contributed by atoms with E-state index in [0.717, 1.165) is 0 Å². The zero-order valence-electron chi connectivity index (χ0n) is 12.6. The van der Waals surface area contributed by atoms with Gasteiger partial charge in [-0.1, -0.05) is 13.8 Å². The zero-order chi connectivity index (χ0) is 16.2. The van der Waals surface area contributed by atoms with Crippen LogP contribution in [0.1, 0.15) is 31.1 Å². The first kappa shape index (κ1) is 17.8. The predicted molar refractivity (Wildman–Crippen MR) is 82.4 cm³/mol. The smallest absolute Gasteiger partial charge is 0.261 e. The molecule has 1 amide bonds. The third-order valence-electron chi connectivity index (χ3n) is 2.75. The van der Waals surface area contributed by atoms with Crippen molar-refractivity contribution in [1.82, 2.24) is 4.90 Å². The number of rotatable bonds is 6.